The Morgan fingerprint density at radius 2 is 1.94 bits per heavy atom. The molecule has 4 heterocycles. The maximum Gasteiger partial charge on any atom is 0.151 e. The first-order valence-electron chi connectivity index (χ1n) is 11.7. The van der Waals surface area contributed by atoms with Crippen LogP contribution in [0.4, 0.5) is 5.82 Å². The normalized spacial score (nSPS) is 19.6. The maximum atomic E-state index is 9.77. The summed E-state index contributed by atoms with van der Waals surface area (Å²) in [4.78, 5) is 13.3. The minimum atomic E-state index is -0.629. The predicted molar refractivity (Wildman–Crippen MR) is 129 cm³/mol. The molecular formula is C25H27ClN8. The fraction of sp³-hybridized carbons (Fsp3) is 0.480. The summed E-state index contributed by atoms with van der Waals surface area (Å²) in [5, 5.41) is 19.7. The van der Waals surface area contributed by atoms with Crippen LogP contribution in [0.2, 0.25) is 5.02 Å². The number of fused-ring (bicyclic) bond motifs is 3. The van der Waals surface area contributed by atoms with Gasteiger partial charge in [-0.2, -0.15) is 5.26 Å². The number of hydrogen-bond donors (Lipinski definition) is 0. The minimum absolute atomic E-state index is 0.332. The highest BCUT2D eigenvalue weighted by Gasteiger charge is 2.54. The highest BCUT2D eigenvalue weighted by atomic mass is 35.5. The van der Waals surface area contributed by atoms with E-state index >= 15 is 0 Å². The average molecular weight is 475 g/mol. The molecular weight excluding hydrogens is 448 g/mol. The van der Waals surface area contributed by atoms with Crippen LogP contribution >= 0.6 is 11.6 Å². The molecule has 2 aromatic heterocycles. The smallest absolute Gasteiger partial charge is 0.151 e. The van der Waals surface area contributed by atoms with Crippen molar-refractivity contribution in [3.8, 4) is 11.8 Å². The van der Waals surface area contributed by atoms with Gasteiger partial charge in [0.25, 0.3) is 0 Å². The number of hydrogen-bond acceptors (Lipinski definition) is 7. The Bertz CT molecular complexity index is 1310. The molecule has 0 unspecified atom stereocenters. The second-order valence-corrected chi connectivity index (χ2v) is 11.0. The Balaban J connectivity index is 1.27. The summed E-state index contributed by atoms with van der Waals surface area (Å²) in [5.41, 5.74) is 1.87. The maximum absolute atomic E-state index is 9.77. The predicted octanol–water partition coefficient (Wildman–Crippen LogP) is 4.02. The molecule has 1 saturated heterocycles. The molecule has 3 aromatic rings. The number of rotatable bonds is 3. The van der Waals surface area contributed by atoms with E-state index in [2.05, 4.69) is 46.7 Å². The van der Waals surface area contributed by atoms with Crippen LogP contribution in [0.3, 0.4) is 0 Å². The van der Waals surface area contributed by atoms with Gasteiger partial charge in [-0.05, 0) is 63.4 Å². The number of aryl methyl sites for hydroxylation is 1. The largest absolute Gasteiger partial charge is 0.355 e. The summed E-state index contributed by atoms with van der Waals surface area (Å²) < 4.78 is 2.22. The quantitative estimate of drug-likeness (QED) is 0.566. The Labute approximate surface area is 204 Å². The second kappa shape index (κ2) is 7.49. The third kappa shape index (κ3) is 3.38. The van der Waals surface area contributed by atoms with Crippen molar-refractivity contribution in [1.82, 2.24) is 29.6 Å². The summed E-state index contributed by atoms with van der Waals surface area (Å²) >= 11 is 6.37. The number of halogens is 1. The van der Waals surface area contributed by atoms with Gasteiger partial charge in [-0.3, -0.25) is 9.47 Å². The van der Waals surface area contributed by atoms with Crippen molar-refractivity contribution < 1.29 is 0 Å². The van der Waals surface area contributed by atoms with Crippen molar-refractivity contribution in [3.05, 3.63) is 58.5 Å². The lowest BCUT2D eigenvalue weighted by atomic mass is 9.57. The molecule has 0 bridgehead atoms. The molecule has 2 fully saturated rings. The molecule has 0 N–H and O–H groups in total. The molecule has 3 aliphatic rings. The zero-order chi connectivity index (χ0) is 23.7. The first-order chi connectivity index (χ1) is 16.3. The number of benzene rings is 1. The summed E-state index contributed by atoms with van der Waals surface area (Å²) in [6.45, 7) is 9.08. The van der Waals surface area contributed by atoms with Gasteiger partial charge in [0.15, 0.2) is 5.82 Å². The van der Waals surface area contributed by atoms with Crippen molar-refractivity contribution in [2.24, 2.45) is 5.41 Å². The van der Waals surface area contributed by atoms with Crippen molar-refractivity contribution in [3.63, 3.8) is 0 Å². The van der Waals surface area contributed by atoms with Crippen LogP contribution in [0.1, 0.15) is 55.6 Å². The number of nitriles is 1. The molecule has 8 nitrogen and oxygen atoms in total. The lowest BCUT2D eigenvalue weighted by Crippen LogP contribution is -2.62. The number of aromatic nitrogens is 5. The molecule has 0 atom stereocenters. The molecule has 6 rings (SSSR count). The Kier molecular flexibility index (Phi) is 4.74. The van der Waals surface area contributed by atoms with Crippen molar-refractivity contribution in [1.29, 1.82) is 5.26 Å². The third-order valence-electron chi connectivity index (χ3n) is 7.66. The summed E-state index contributed by atoms with van der Waals surface area (Å²) in [6.07, 6.45) is 4.03. The second-order valence-electron chi connectivity index (χ2n) is 10.5. The lowest BCUT2D eigenvalue weighted by molar-refractivity contribution is 0.0581. The molecule has 2 aliphatic heterocycles. The SMILES string of the molecule is Cc1nccc(N2CC3(CC(c4nnc5n4-c4ccc(Cl)cc4CN(C(C)(C)C#N)C5)C3)C2)n1. The van der Waals surface area contributed by atoms with Crippen LogP contribution < -0.4 is 4.90 Å². The standard InChI is InChI=1S/C25H27ClN8/c1-16-28-7-6-21(29-16)32-14-25(15-32)9-18(10-25)23-31-30-22-12-33(24(2,3)13-27)11-17-8-19(26)4-5-20(17)34(22)23/h4-8,18H,9-12,14-15H2,1-3H3. The molecule has 0 radical (unpaired) electrons. The highest BCUT2D eigenvalue weighted by molar-refractivity contribution is 6.30. The van der Waals surface area contributed by atoms with Crippen LogP contribution in [0.15, 0.2) is 30.5 Å². The monoisotopic (exact) mass is 474 g/mol. The Morgan fingerprint density at radius 3 is 2.68 bits per heavy atom. The van der Waals surface area contributed by atoms with Gasteiger partial charge < -0.3 is 4.90 Å². The molecule has 174 valence electrons. The molecule has 1 aromatic carbocycles. The minimum Gasteiger partial charge on any atom is -0.355 e. The van der Waals surface area contributed by atoms with Gasteiger partial charge in [0.1, 0.15) is 23.0 Å². The van der Waals surface area contributed by atoms with Crippen LogP contribution in [0.25, 0.3) is 5.69 Å². The zero-order valence-electron chi connectivity index (χ0n) is 19.7. The van der Waals surface area contributed by atoms with Gasteiger partial charge in [-0.1, -0.05) is 11.6 Å². The third-order valence-corrected chi connectivity index (χ3v) is 7.89. The van der Waals surface area contributed by atoms with E-state index in [1.807, 2.05) is 45.2 Å². The molecule has 34 heavy (non-hydrogen) atoms. The summed E-state index contributed by atoms with van der Waals surface area (Å²) in [5.74, 6) is 4.10. The van der Waals surface area contributed by atoms with Crippen LogP contribution in [-0.2, 0) is 13.1 Å². The fourth-order valence-electron chi connectivity index (χ4n) is 5.73. The molecule has 1 saturated carbocycles. The topological polar surface area (TPSA) is 86.8 Å². The zero-order valence-corrected chi connectivity index (χ0v) is 20.4. The Hall–Kier alpha value is -3.02. The first-order valence-corrected chi connectivity index (χ1v) is 12.1. The molecule has 1 aliphatic carbocycles. The summed E-state index contributed by atoms with van der Waals surface area (Å²) in [6, 6.07) is 10.4. The Morgan fingerprint density at radius 1 is 1.15 bits per heavy atom. The summed E-state index contributed by atoms with van der Waals surface area (Å²) in [7, 11) is 0. The first kappa shape index (κ1) is 21.5. The van der Waals surface area contributed by atoms with Gasteiger partial charge in [0.2, 0.25) is 0 Å². The van der Waals surface area contributed by atoms with E-state index in [-0.39, 0.29) is 0 Å². The van der Waals surface area contributed by atoms with Crippen molar-refractivity contribution >= 4 is 17.4 Å². The van der Waals surface area contributed by atoms with Crippen molar-refractivity contribution in [2.45, 2.75) is 58.2 Å². The van der Waals surface area contributed by atoms with E-state index in [1.54, 1.807) is 0 Å². The van der Waals surface area contributed by atoms with Crippen molar-refractivity contribution in [2.75, 3.05) is 18.0 Å². The molecule has 9 heteroatoms. The molecule has 1 spiro atoms. The highest BCUT2D eigenvalue weighted by Crippen LogP contribution is 2.56. The van der Waals surface area contributed by atoms with E-state index in [0.717, 1.165) is 60.5 Å². The average Bonchev–Trinajstić information content (AvgIpc) is 3.06. The fourth-order valence-corrected chi connectivity index (χ4v) is 5.92. The lowest BCUT2D eigenvalue weighted by Gasteiger charge is -2.59. The van der Waals surface area contributed by atoms with E-state index in [0.29, 0.717) is 29.4 Å². The van der Waals surface area contributed by atoms with E-state index in [1.165, 1.54) is 0 Å². The van der Waals surface area contributed by atoms with Gasteiger partial charge in [-0.25, -0.2) is 9.97 Å². The van der Waals surface area contributed by atoms with E-state index in [4.69, 9.17) is 11.6 Å². The van der Waals surface area contributed by atoms with Crippen LogP contribution in [-0.4, -0.2) is 48.3 Å². The van der Waals surface area contributed by atoms with E-state index in [9.17, 15) is 5.26 Å². The molecule has 0 amide bonds. The van der Waals surface area contributed by atoms with Crippen LogP contribution in [0, 0.1) is 23.7 Å². The van der Waals surface area contributed by atoms with Gasteiger partial charge in [-0.15, -0.1) is 10.2 Å². The van der Waals surface area contributed by atoms with E-state index < -0.39 is 5.54 Å². The van der Waals surface area contributed by atoms with Crippen LogP contribution in [0.5, 0.6) is 0 Å². The van der Waals surface area contributed by atoms with Gasteiger partial charge in [0, 0.05) is 42.2 Å². The van der Waals surface area contributed by atoms with Gasteiger partial charge in [0.05, 0.1) is 18.3 Å². The van der Waals surface area contributed by atoms with Gasteiger partial charge >= 0.3 is 0 Å². The number of anilines is 1. The number of nitrogens with zero attached hydrogens (tertiary/aromatic N) is 8.